The number of alkyl halides is 3. The number of ether oxygens (including phenoxy) is 1. The maximum Gasteiger partial charge on any atom is 0.416 e. The molecule has 4 aromatic rings. The first-order chi connectivity index (χ1) is 17.4. The van der Waals surface area contributed by atoms with E-state index in [1.165, 1.54) is 17.7 Å². The molecule has 0 saturated heterocycles. The molecule has 1 N–H and O–H groups in total. The SMILES string of the molecule is Cc1oc(-c2ccc(C(F)(F)F)cc2)nc1CCOc1cccc2c1CCCN2CCc1nn[nH]n1. The van der Waals surface area contributed by atoms with Crippen LogP contribution < -0.4 is 9.64 Å². The number of oxazole rings is 1. The van der Waals surface area contributed by atoms with E-state index >= 15 is 0 Å². The number of H-pyrrole nitrogens is 1. The van der Waals surface area contributed by atoms with Crippen LogP contribution in [0.15, 0.2) is 46.9 Å². The molecule has 0 spiro atoms. The number of nitrogens with one attached hydrogen (secondary N) is 1. The van der Waals surface area contributed by atoms with Crippen molar-refractivity contribution >= 4 is 5.69 Å². The number of aromatic nitrogens is 5. The van der Waals surface area contributed by atoms with Gasteiger partial charge in [-0.2, -0.15) is 18.4 Å². The second-order valence-corrected chi connectivity index (χ2v) is 8.62. The molecule has 5 rings (SSSR count). The molecular formula is C25H25F3N6O2. The van der Waals surface area contributed by atoms with E-state index < -0.39 is 11.7 Å². The zero-order valence-corrected chi connectivity index (χ0v) is 19.7. The minimum Gasteiger partial charge on any atom is -0.493 e. The lowest BCUT2D eigenvalue weighted by molar-refractivity contribution is -0.137. The molecule has 0 radical (unpaired) electrons. The van der Waals surface area contributed by atoms with Gasteiger partial charge < -0.3 is 14.1 Å². The molecule has 2 aromatic carbocycles. The van der Waals surface area contributed by atoms with Crippen LogP contribution in [-0.2, 0) is 25.4 Å². The van der Waals surface area contributed by atoms with Gasteiger partial charge >= 0.3 is 6.18 Å². The number of tetrazole rings is 1. The van der Waals surface area contributed by atoms with Crippen molar-refractivity contribution in [1.29, 1.82) is 0 Å². The summed E-state index contributed by atoms with van der Waals surface area (Å²) in [5.41, 5.74) is 2.85. The number of hydrogen-bond donors (Lipinski definition) is 1. The van der Waals surface area contributed by atoms with Crippen molar-refractivity contribution in [3.63, 3.8) is 0 Å². The van der Waals surface area contributed by atoms with Crippen molar-refractivity contribution in [3.8, 4) is 17.2 Å². The van der Waals surface area contributed by atoms with Gasteiger partial charge in [0.15, 0.2) is 5.82 Å². The predicted molar refractivity (Wildman–Crippen MR) is 126 cm³/mol. The Morgan fingerprint density at radius 3 is 2.69 bits per heavy atom. The molecular weight excluding hydrogens is 473 g/mol. The normalized spacial score (nSPS) is 13.6. The second-order valence-electron chi connectivity index (χ2n) is 8.62. The number of anilines is 1. The minimum atomic E-state index is -4.38. The summed E-state index contributed by atoms with van der Waals surface area (Å²) < 4.78 is 50.4. The van der Waals surface area contributed by atoms with E-state index in [0.29, 0.717) is 42.5 Å². The fourth-order valence-corrected chi connectivity index (χ4v) is 4.40. The van der Waals surface area contributed by atoms with Crippen molar-refractivity contribution in [2.45, 2.75) is 38.8 Å². The fourth-order valence-electron chi connectivity index (χ4n) is 4.40. The molecule has 1 aliphatic heterocycles. The molecule has 188 valence electrons. The average Bonchev–Trinajstić information content (AvgIpc) is 3.52. The Bertz CT molecular complexity index is 1300. The number of halogens is 3. The van der Waals surface area contributed by atoms with Crippen LogP contribution in [0.2, 0.25) is 0 Å². The summed E-state index contributed by atoms with van der Waals surface area (Å²) in [6.07, 6.45) is -1.20. The largest absolute Gasteiger partial charge is 0.493 e. The average molecular weight is 499 g/mol. The fraction of sp³-hybridized carbons (Fsp3) is 0.360. The summed E-state index contributed by atoms with van der Waals surface area (Å²) in [6, 6.07) is 10.9. The number of rotatable bonds is 8. The van der Waals surface area contributed by atoms with Gasteiger partial charge in [0.1, 0.15) is 11.5 Å². The number of aryl methyl sites for hydroxylation is 1. The monoisotopic (exact) mass is 498 g/mol. The molecule has 8 nitrogen and oxygen atoms in total. The van der Waals surface area contributed by atoms with Crippen LogP contribution in [0.4, 0.5) is 18.9 Å². The van der Waals surface area contributed by atoms with Crippen LogP contribution in [0.1, 0.15) is 34.8 Å². The lowest BCUT2D eigenvalue weighted by Crippen LogP contribution is -2.31. The third-order valence-corrected chi connectivity index (χ3v) is 6.25. The molecule has 0 unspecified atom stereocenters. The Kier molecular flexibility index (Phi) is 6.62. The predicted octanol–water partition coefficient (Wildman–Crippen LogP) is 4.80. The maximum atomic E-state index is 12.8. The van der Waals surface area contributed by atoms with Crippen molar-refractivity contribution in [2.24, 2.45) is 0 Å². The van der Waals surface area contributed by atoms with E-state index in [4.69, 9.17) is 9.15 Å². The third-order valence-electron chi connectivity index (χ3n) is 6.25. The van der Waals surface area contributed by atoms with E-state index in [1.54, 1.807) is 6.92 Å². The summed E-state index contributed by atoms with van der Waals surface area (Å²) in [5, 5.41) is 14.2. The van der Waals surface area contributed by atoms with Gasteiger partial charge in [-0.3, -0.25) is 0 Å². The summed E-state index contributed by atoms with van der Waals surface area (Å²) in [5.74, 6) is 2.45. The molecule has 0 aliphatic carbocycles. The lowest BCUT2D eigenvalue weighted by Gasteiger charge is -2.32. The summed E-state index contributed by atoms with van der Waals surface area (Å²) >= 11 is 0. The lowest BCUT2D eigenvalue weighted by atomic mass is 10.0. The Hall–Kier alpha value is -3.89. The first-order valence-electron chi connectivity index (χ1n) is 11.7. The Labute approximate surface area is 205 Å². The standard InChI is InChI=1S/C25H25F3N6O2/c1-16-20(29-24(36-16)17-7-9-18(10-8-17)25(26,27)28)12-15-35-22-6-2-5-21-19(22)4-3-13-34(21)14-11-23-30-32-33-31-23/h2,5-10H,3-4,11-15H2,1H3,(H,30,31,32,33). The highest BCUT2D eigenvalue weighted by Gasteiger charge is 2.30. The number of aromatic amines is 1. The highest BCUT2D eigenvalue weighted by Crippen LogP contribution is 2.35. The third kappa shape index (κ3) is 5.19. The van der Waals surface area contributed by atoms with Gasteiger partial charge in [-0.15, -0.1) is 10.2 Å². The topological polar surface area (TPSA) is 93.0 Å². The number of benzene rings is 2. The van der Waals surface area contributed by atoms with Crippen LogP contribution in [0.25, 0.3) is 11.5 Å². The van der Waals surface area contributed by atoms with Gasteiger partial charge in [0.2, 0.25) is 5.89 Å². The molecule has 1 aliphatic rings. The van der Waals surface area contributed by atoms with Crippen LogP contribution in [0.5, 0.6) is 5.75 Å². The van der Waals surface area contributed by atoms with E-state index in [1.807, 2.05) is 12.1 Å². The zero-order chi connectivity index (χ0) is 25.1. The van der Waals surface area contributed by atoms with Gasteiger partial charge in [0, 0.05) is 42.7 Å². The van der Waals surface area contributed by atoms with Gasteiger partial charge in [-0.05, 0) is 56.2 Å². The number of nitrogens with zero attached hydrogens (tertiary/aromatic N) is 5. The van der Waals surface area contributed by atoms with Crippen LogP contribution >= 0.6 is 0 Å². The van der Waals surface area contributed by atoms with Crippen molar-refractivity contribution in [2.75, 3.05) is 24.6 Å². The molecule has 0 fully saturated rings. The molecule has 0 amide bonds. The van der Waals surface area contributed by atoms with E-state index in [0.717, 1.165) is 55.2 Å². The van der Waals surface area contributed by atoms with E-state index in [2.05, 4.69) is 36.6 Å². The van der Waals surface area contributed by atoms with Crippen LogP contribution in [0.3, 0.4) is 0 Å². The van der Waals surface area contributed by atoms with Crippen LogP contribution in [0, 0.1) is 6.92 Å². The Balaban J connectivity index is 1.23. The quantitative estimate of drug-likeness (QED) is 0.373. The van der Waals surface area contributed by atoms with E-state index in [9.17, 15) is 13.2 Å². The van der Waals surface area contributed by atoms with Crippen molar-refractivity contribution in [1.82, 2.24) is 25.6 Å². The second kappa shape index (κ2) is 10.00. The van der Waals surface area contributed by atoms with E-state index in [-0.39, 0.29) is 0 Å². The van der Waals surface area contributed by atoms with Gasteiger partial charge in [0.25, 0.3) is 0 Å². The van der Waals surface area contributed by atoms with Crippen LogP contribution in [-0.4, -0.2) is 45.3 Å². The summed E-state index contributed by atoms with van der Waals surface area (Å²) in [6.45, 7) is 3.95. The summed E-state index contributed by atoms with van der Waals surface area (Å²) in [4.78, 5) is 6.82. The van der Waals surface area contributed by atoms with Gasteiger partial charge in [-0.25, -0.2) is 4.98 Å². The maximum absolute atomic E-state index is 12.8. The molecule has 3 heterocycles. The van der Waals surface area contributed by atoms with Crippen molar-refractivity contribution in [3.05, 3.63) is 70.9 Å². The van der Waals surface area contributed by atoms with Gasteiger partial charge in [-0.1, -0.05) is 11.3 Å². The highest BCUT2D eigenvalue weighted by molar-refractivity contribution is 5.61. The molecule has 0 bridgehead atoms. The summed E-state index contributed by atoms with van der Waals surface area (Å²) in [7, 11) is 0. The van der Waals surface area contributed by atoms with Crippen molar-refractivity contribution < 1.29 is 22.3 Å². The first-order valence-corrected chi connectivity index (χ1v) is 11.7. The highest BCUT2D eigenvalue weighted by atomic mass is 19.4. The van der Waals surface area contributed by atoms with Gasteiger partial charge in [0.05, 0.1) is 17.9 Å². The Morgan fingerprint density at radius 1 is 1.11 bits per heavy atom. The Morgan fingerprint density at radius 2 is 1.94 bits per heavy atom. The zero-order valence-electron chi connectivity index (χ0n) is 19.7. The first kappa shape index (κ1) is 23.8. The molecule has 0 atom stereocenters. The smallest absolute Gasteiger partial charge is 0.416 e. The molecule has 2 aromatic heterocycles. The molecule has 11 heteroatoms. The number of fused-ring (bicyclic) bond motifs is 1. The molecule has 36 heavy (non-hydrogen) atoms. The minimum absolute atomic E-state index is 0.297. The molecule has 0 saturated carbocycles. The number of hydrogen-bond acceptors (Lipinski definition) is 7.